The summed E-state index contributed by atoms with van der Waals surface area (Å²) in [5.41, 5.74) is 6.52. The fourth-order valence-electron chi connectivity index (χ4n) is 1.46. The quantitative estimate of drug-likeness (QED) is 0.862. The van der Waals surface area contributed by atoms with Crippen LogP contribution in [0.2, 0.25) is 0 Å². The van der Waals surface area contributed by atoms with Gasteiger partial charge in [0.1, 0.15) is 4.90 Å². The van der Waals surface area contributed by atoms with Crippen molar-refractivity contribution in [2.45, 2.75) is 4.90 Å². The summed E-state index contributed by atoms with van der Waals surface area (Å²) in [6, 6.07) is 9.00. The van der Waals surface area contributed by atoms with Crippen LogP contribution in [0.3, 0.4) is 0 Å². The molecule has 2 aromatic rings. The minimum atomic E-state index is -3.38. The van der Waals surface area contributed by atoms with Crippen molar-refractivity contribution in [3.05, 3.63) is 36.5 Å². The Kier molecular flexibility index (Phi) is 2.81. The molecule has 0 atom stereocenters. The fraction of sp³-hybridized carbons (Fsp3) is 0.0909. The van der Waals surface area contributed by atoms with Crippen molar-refractivity contribution in [2.75, 3.05) is 12.0 Å². The first-order valence-electron chi connectivity index (χ1n) is 4.86. The highest BCUT2D eigenvalue weighted by atomic mass is 32.2. The lowest BCUT2D eigenvalue weighted by atomic mass is 10.1. The Morgan fingerprint density at radius 2 is 1.82 bits per heavy atom. The first-order chi connectivity index (χ1) is 7.98. The van der Waals surface area contributed by atoms with E-state index in [1.165, 1.54) is 6.20 Å². The molecule has 0 amide bonds. The van der Waals surface area contributed by atoms with Crippen LogP contribution in [0.1, 0.15) is 0 Å². The number of nitrogens with zero attached hydrogens (tertiary/aromatic N) is 2. The maximum atomic E-state index is 11.6. The third kappa shape index (κ3) is 2.42. The summed E-state index contributed by atoms with van der Waals surface area (Å²) in [5.74, 6) is 0.0521. The second-order valence-electron chi connectivity index (χ2n) is 3.58. The SMILES string of the molecule is CS(=O)(=O)c1cnc(N)nc1-c1ccccc1. The number of hydrogen-bond acceptors (Lipinski definition) is 5. The van der Waals surface area contributed by atoms with E-state index in [1.54, 1.807) is 24.3 Å². The summed E-state index contributed by atoms with van der Waals surface area (Å²) in [6.45, 7) is 0. The van der Waals surface area contributed by atoms with E-state index in [-0.39, 0.29) is 10.8 Å². The van der Waals surface area contributed by atoms with Gasteiger partial charge < -0.3 is 5.73 Å². The van der Waals surface area contributed by atoms with E-state index < -0.39 is 9.84 Å². The Morgan fingerprint density at radius 3 is 2.41 bits per heavy atom. The third-order valence-electron chi connectivity index (χ3n) is 2.22. The van der Waals surface area contributed by atoms with Gasteiger partial charge in [0.25, 0.3) is 0 Å². The van der Waals surface area contributed by atoms with Crippen LogP contribution in [-0.2, 0) is 9.84 Å². The number of hydrogen-bond donors (Lipinski definition) is 1. The second-order valence-corrected chi connectivity index (χ2v) is 5.56. The molecule has 0 fully saturated rings. The summed E-state index contributed by atoms with van der Waals surface area (Å²) < 4.78 is 23.2. The van der Waals surface area contributed by atoms with Crippen molar-refractivity contribution < 1.29 is 8.42 Å². The zero-order chi connectivity index (χ0) is 12.5. The molecule has 0 radical (unpaired) electrons. The van der Waals surface area contributed by atoms with Gasteiger partial charge in [-0.05, 0) is 0 Å². The molecule has 0 aliphatic rings. The fourth-order valence-corrected chi connectivity index (χ4v) is 2.22. The smallest absolute Gasteiger partial charge is 0.220 e. The molecule has 0 unspecified atom stereocenters. The molecule has 1 aromatic carbocycles. The van der Waals surface area contributed by atoms with Gasteiger partial charge in [-0.1, -0.05) is 30.3 Å². The summed E-state index contributed by atoms with van der Waals surface area (Å²) in [7, 11) is -3.38. The molecule has 0 bridgehead atoms. The first-order valence-corrected chi connectivity index (χ1v) is 6.75. The van der Waals surface area contributed by atoms with E-state index >= 15 is 0 Å². The molecular weight excluding hydrogens is 238 g/mol. The van der Waals surface area contributed by atoms with Gasteiger partial charge in [-0.2, -0.15) is 0 Å². The van der Waals surface area contributed by atoms with Gasteiger partial charge >= 0.3 is 0 Å². The lowest BCUT2D eigenvalue weighted by Crippen LogP contribution is -2.05. The third-order valence-corrected chi connectivity index (χ3v) is 3.32. The molecule has 88 valence electrons. The van der Waals surface area contributed by atoms with Crippen molar-refractivity contribution in [1.29, 1.82) is 0 Å². The number of anilines is 1. The zero-order valence-corrected chi connectivity index (χ0v) is 9.98. The van der Waals surface area contributed by atoms with Gasteiger partial charge in [0.05, 0.1) is 11.9 Å². The molecule has 6 heteroatoms. The lowest BCUT2D eigenvalue weighted by Gasteiger charge is -2.07. The van der Waals surface area contributed by atoms with E-state index in [9.17, 15) is 8.42 Å². The van der Waals surface area contributed by atoms with Crippen LogP contribution in [0.15, 0.2) is 41.4 Å². The standard InChI is InChI=1S/C11H11N3O2S/c1-17(15,16)9-7-13-11(12)14-10(9)8-5-3-2-4-6-8/h2-7H,1H3,(H2,12,13,14). The minimum Gasteiger partial charge on any atom is -0.368 e. The number of rotatable bonds is 2. The molecule has 17 heavy (non-hydrogen) atoms. The highest BCUT2D eigenvalue weighted by molar-refractivity contribution is 7.90. The minimum absolute atomic E-state index is 0.0521. The predicted octanol–water partition coefficient (Wildman–Crippen LogP) is 1.13. The molecule has 5 nitrogen and oxygen atoms in total. The van der Waals surface area contributed by atoms with Crippen LogP contribution in [-0.4, -0.2) is 24.6 Å². The first kappa shape index (κ1) is 11.5. The van der Waals surface area contributed by atoms with E-state index in [4.69, 9.17) is 5.73 Å². The normalized spacial score (nSPS) is 11.4. The number of aromatic nitrogens is 2. The van der Waals surface area contributed by atoms with Crippen LogP contribution >= 0.6 is 0 Å². The molecule has 0 aliphatic carbocycles. The van der Waals surface area contributed by atoms with Crippen molar-refractivity contribution in [3.63, 3.8) is 0 Å². The molecule has 1 heterocycles. The van der Waals surface area contributed by atoms with Gasteiger partial charge in [-0.3, -0.25) is 0 Å². The number of nitrogens with two attached hydrogens (primary N) is 1. The van der Waals surface area contributed by atoms with Crippen molar-refractivity contribution in [3.8, 4) is 11.3 Å². The van der Waals surface area contributed by atoms with Crippen LogP contribution in [0.25, 0.3) is 11.3 Å². The molecule has 2 rings (SSSR count). The molecule has 0 saturated heterocycles. The van der Waals surface area contributed by atoms with Gasteiger partial charge in [-0.25, -0.2) is 18.4 Å². The van der Waals surface area contributed by atoms with Crippen molar-refractivity contribution in [1.82, 2.24) is 9.97 Å². The van der Waals surface area contributed by atoms with Gasteiger partial charge in [0.2, 0.25) is 5.95 Å². The van der Waals surface area contributed by atoms with Crippen molar-refractivity contribution >= 4 is 15.8 Å². The second kappa shape index (κ2) is 4.14. The van der Waals surface area contributed by atoms with Gasteiger partial charge in [-0.15, -0.1) is 0 Å². The van der Waals surface area contributed by atoms with E-state index in [2.05, 4.69) is 9.97 Å². The van der Waals surface area contributed by atoms with Crippen LogP contribution in [0.4, 0.5) is 5.95 Å². The maximum Gasteiger partial charge on any atom is 0.220 e. The lowest BCUT2D eigenvalue weighted by molar-refractivity contribution is 0.601. The summed E-state index contributed by atoms with van der Waals surface area (Å²) in [6.07, 6.45) is 2.36. The van der Waals surface area contributed by atoms with Gasteiger partial charge in [0.15, 0.2) is 9.84 Å². The topological polar surface area (TPSA) is 85.9 Å². The Hall–Kier alpha value is -1.95. The van der Waals surface area contributed by atoms with Crippen LogP contribution in [0.5, 0.6) is 0 Å². The predicted molar refractivity (Wildman–Crippen MR) is 65.0 cm³/mol. The van der Waals surface area contributed by atoms with Gasteiger partial charge in [0, 0.05) is 11.8 Å². The summed E-state index contributed by atoms with van der Waals surface area (Å²) in [5, 5.41) is 0. The average Bonchev–Trinajstić information content (AvgIpc) is 2.28. The Labute approximate surface area is 99.3 Å². The highest BCUT2D eigenvalue weighted by Gasteiger charge is 2.16. The van der Waals surface area contributed by atoms with E-state index in [0.29, 0.717) is 11.3 Å². The Morgan fingerprint density at radius 1 is 1.18 bits per heavy atom. The number of nitrogen functional groups attached to an aromatic ring is 1. The molecular formula is C11H11N3O2S. The summed E-state index contributed by atoms with van der Waals surface area (Å²) in [4.78, 5) is 7.80. The number of benzene rings is 1. The molecule has 0 saturated carbocycles. The van der Waals surface area contributed by atoms with Crippen LogP contribution in [0, 0.1) is 0 Å². The average molecular weight is 249 g/mol. The molecule has 1 aromatic heterocycles. The highest BCUT2D eigenvalue weighted by Crippen LogP contribution is 2.24. The monoisotopic (exact) mass is 249 g/mol. The van der Waals surface area contributed by atoms with Crippen LogP contribution < -0.4 is 5.73 Å². The zero-order valence-electron chi connectivity index (χ0n) is 9.16. The molecule has 2 N–H and O–H groups in total. The van der Waals surface area contributed by atoms with E-state index in [1.807, 2.05) is 6.07 Å². The summed E-state index contributed by atoms with van der Waals surface area (Å²) >= 11 is 0. The van der Waals surface area contributed by atoms with Crippen molar-refractivity contribution in [2.24, 2.45) is 0 Å². The van der Waals surface area contributed by atoms with E-state index in [0.717, 1.165) is 6.26 Å². The largest absolute Gasteiger partial charge is 0.368 e. The Bertz CT molecular complexity index is 639. The molecule has 0 spiro atoms. The maximum absolute atomic E-state index is 11.6. The number of sulfone groups is 1. The molecule has 0 aliphatic heterocycles. The Balaban J connectivity index is 2.72.